The second-order valence-corrected chi connectivity index (χ2v) is 9.07. The first-order chi connectivity index (χ1) is 17.1. The maximum Gasteiger partial charge on any atom is 0.241 e. The lowest BCUT2D eigenvalue weighted by molar-refractivity contribution is -0.126. The fourth-order valence-electron chi connectivity index (χ4n) is 4.65. The van der Waals surface area contributed by atoms with Gasteiger partial charge in [-0.3, -0.25) is 9.69 Å². The van der Waals surface area contributed by atoms with Crippen LogP contribution in [0.1, 0.15) is 35.7 Å². The smallest absolute Gasteiger partial charge is 0.241 e. The van der Waals surface area contributed by atoms with Crippen LogP contribution in [0.2, 0.25) is 0 Å². The molecule has 1 aliphatic heterocycles. The van der Waals surface area contributed by atoms with Crippen molar-refractivity contribution < 1.29 is 9.32 Å². The quantitative estimate of drug-likeness (QED) is 0.438. The fraction of sp³-hybridized carbons (Fsp3) is 0.333. The minimum atomic E-state index is 0.0126. The first-order valence-corrected chi connectivity index (χ1v) is 12.1. The highest BCUT2D eigenvalue weighted by Crippen LogP contribution is 2.23. The molecule has 2 aromatic carbocycles. The number of likely N-dealkylation sites (tertiary alicyclic amines) is 1. The van der Waals surface area contributed by atoms with Crippen LogP contribution in [0, 0.1) is 19.8 Å². The molecule has 0 radical (unpaired) electrons. The molecule has 2 aromatic heterocycles. The third-order valence-electron chi connectivity index (χ3n) is 6.70. The molecule has 1 amide bonds. The van der Waals surface area contributed by atoms with Crippen LogP contribution in [-0.4, -0.2) is 43.6 Å². The van der Waals surface area contributed by atoms with E-state index in [2.05, 4.69) is 31.4 Å². The van der Waals surface area contributed by atoms with Crippen LogP contribution in [0.4, 0.5) is 0 Å². The lowest BCUT2D eigenvalue weighted by Gasteiger charge is -2.30. The lowest BCUT2D eigenvalue weighted by atomic mass is 9.96. The Hall–Kier alpha value is -3.78. The van der Waals surface area contributed by atoms with Crippen LogP contribution >= 0.6 is 0 Å². The summed E-state index contributed by atoms with van der Waals surface area (Å²) in [6.07, 6.45) is 5.36. The molecule has 8 nitrogen and oxygen atoms in total. The van der Waals surface area contributed by atoms with Crippen LogP contribution in [0.25, 0.3) is 17.1 Å². The van der Waals surface area contributed by atoms with Crippen molar-refractivity contribution in [2.24, 2.45) is 5.92 Å². The van der Waals surface area contributed by atoms with E-state index in [1.165, 1.54) is 0 Å². The van der Waals surface area contributed by atoms with E-state index in [0.29, 0.717) is 24.8 Å². The number of carbonyl (C=O) groups excluding carboxylic acids is 1. The second kappa shape index (κ2) is 10.2. The summed E-state index contributed by atoms with van der Waals surface area (Å²) in [6, 6.07) is 16.1. The summed E-state index contributed by atoms with van der Waals surface area (Å²) in [5, 5.41) is 7.31. The third-order valence-corrected chi connectivity index (χ3v) is 6.70. The highest BCUT2D eigenvalue weighted by Gasteiger charge is 2.26. The minimum absolute atomic E-state index is 0.0126. The number of carbonyl (C=O) groups is 1. The largest absolute Gasteiger partial charge is 0.352 e. The number of piperidine rings is 1. The molecule has 0 aliphatic carbocycles. The summed E-state index contributed by atoms with van der Waals surface area (Å²) in [7, 11) is 0. The van der Waals surface area contributed by atoms with Gasteiger partial charge in [-0.15, -0.1) is 0 Å². The zero-order chi connectivity index (χ0) is 24.2. The molecule has 1 N–H and O–H groups in total. The van der Waals surface area contributed by atoms with Gasteiger partial charge in [-0.2, -0.15) is 4.98 Å². The Morgan fingerprint density at radius 1 is 1.09 bits per heavy atom. The molecule has 3 heterocycles. The van der Waals surface area contributed by atoms with Crippen LogP contribution in [-0.2, 0) is 17.9 Å². The summed E-state index contributed by atoms with van der Waals surface area (Å²) in [4.78, 5) is 24.1. The Morgan fingerprint density at radius 3 is 2.63 bits per heavy atom. The Labute approximate surface area is 205 Å². The highest BCUT2D eigenvalue weighted by atomic mass is 16.5. The number of para-hydroxylation sites is 1. The van der Waals surface area contributed by atoms with Gasteiger partial charge in [-0.05, 0) is 57.0 Å². The number of rotatable bonds is 7. The van der Waals surface area contributed by atoms with Gasteiger partial charge in [0.05, 0.1) is 12.2 Å². The molecule has 1 aliphatic rings. The number of nitrogens with one attached hydrogen (secondary N) is 1. The third kappa shape index (κ3) is 5.17. The summed E-state index contributed by atoms with van der Waals surface area (Å²) < 4.78 is 7.54. The number of amides is 1. The monoisotopic (exact) mass is 470 g/mol. The highest BCUT2D eigenvalue weighted by molar-refractivity contribution is 5.78. The lowest BCUT2D eigenvalue weighted by Crippen LogP contribution is -2.40. The standard InChI is InChI=1S/C27H30N6O2/c1-19-7-3-5-9-23(19)26-30-25(35-31-26)18-32-14-11-21(12-15-32)27(34)29-17-22-8-4-6-10-24(22)33-16-13-28-20(33)2/h3-10,13,16,21H,11-12,14-15,17-18H2,1-2H3,(H,29,34). The van der Waals surface area contributed by atoms with Gasteiger partial charge in [-0.25, -0.2) is 4.98 Å². The first-order valence-electron chi connectivity index (χ1n) is 12.1. The van der Waals surface area contributed by atoms with E-state index in [4.69, 9.17) is 4.52 Å². The molecule has 35 heavy (non-hydrogen) atoms. The van der Waals surface area contributed by atoms with E-state index in [1.807, 2.05) is 67.1 Å². The van der Waals surface area contributed by atoms with Crippen LogP contribution < -0.4 is 5.32 Å². The van der Waals surface area contributed by atoms with Gasteiger partial charge in [0.1, 0.15) is 5.82 Å². The molecule has 0 atom stereocenters. The Kier molecular flexibility index (Phi) is 6.72. The normalized spacial score (nSPS) is 14.8. The van der Waals surface area contributed by atoms with Crippen molar-refractivity contribution >= 4 is 5.91 Å². The van der Waals surface area contributed by atoms with E-state index in [1.54, 1.807) is 6.20 Å². The molecule has 0 unspecified atom stereocenters. The SMILES string of the molecule is Cc1ccccc1-c1noc(CN2CCC(C(=O)NCc3ccccc3-n3ccnc3C)CC2)n1. The van der Waals surface area contributed by atoms with E-state index in [-0.39, 0.29) is 11.8 Å². The number of hydrogen-bond acceptors (Lipinski definition) is 6. The molecule has 5 rings (SSSR count). The van der Waals surface area contributed by atoms with Crippen molar-refractivity contribution in [3.8, 4) is 17.1 Å². The van der Waals surface area contributed by atoms with Crippen molar-refractivity contribution in [1.29, 1.82) is 0 Å². The van der Waals surface area contributed by atoms with Crippen molar-refractivity contribution in [2.45, 2.75) is 39.8 Å². The number of benzene rings is 2. The average Bonchev–Trinajstić information content (AvgIpc) is 3.52. The molecule has 8 heteroatoms. The number of hydrogen-bond donors (Lipinski definition) is 1. The predicted octanol–water partition coefficient (Wildman–Crippen LogP) is 4.07. The number of imidazole rings is 1. The zero-order valence-electron chi connectivity index (χ0n) is 20.1. The maximum atomic E-state index is 12.9. The van der Waals surface area contributed by atoms with Gasteiger partial charge < -0.3 is 14.4 Å². The summed E-state index contributed by atoms with van der Waals surface area (Å²) in [5.74, 6) is 2.28. The molecule has 180 valence electrons. The average molecular weight is 471 g/mol. The van der Waals surface area contributed by atoms with Gasteiger partial charge in [0, 0.05) is 30.4 Å². The molecule has 0 spiro atoms. The van der Waals surface area contributed by atoms with Crippen molar-refractivity contribution in [1.82, 2.24) is 29.9 Å². The van der Waals surface area contributed by atoms with E-state index < -0.39 is 0 Å². The molecular weight excluding hydrogens is 440 g/mol. The van der Waals surface area contributed by atoms with Gasteiger partial charge in [0.15, 0.2) is 0 Å². The zero-order valence-corrected chi connectivity index (χ0v) is 20.1. The van der Waals surface area contributed by atoms with E-state index in [9.17, 15) is 4.79 Å². The minimum Gasteiger partial charge on any atom is -0.352 e. The Bertz CT molecular complexity index is 1300. The Balaban J connectivity index is 1.13. The van der Waals surface area contributed by atoms with Gasteiger partial charge >= 0.3 is 0 Å². The molecular formula is C27H30N6O2. The summed E-state index contributed by atoms with van der Waals surface area (Å²) in [5.41, 5.74) is 4.22. The second-order valence-electron chi connectivity index (χ2n) is 9.07. The van der Waals surface area contributed by atoms with Crippen LogP contribution in [0.15, 0.2) is 65.4 Å². The van der Waals surface area contributed by atoms with Gasteiger partial charge in [0.2, 0.25) is 17.6 Å². The van der Waals surface area contributed by atoms with Crippen molar-refractivity contribution in [3.63, 3.8) is 0 Å². The number of aryl methyl sites for hydroxylation is 2. The van der Waals surface area contributed by atoms with E-state index in [0.717, 1.165) is 54.1 Å². The maximum absolute atomic E-state index is 12.9. The molecule has 0 saturated carbocycles. The van der Waals surface area contributed by atoms with Gasteiger partial charge in [0.25, 0.3) is 0 Å². The first kappa shape index (κ1) is 23.0. The topological polar surface area (TPSA) is 89.1 Å². The molecule has 1 saturated heterocycles. The predicted molar refractivity (Wildman–Crippen MR) is 133 cm³/mol. The number of nitrogens with zero attached hydrogens (tertiary/aromatic N) is 5. The molecule has 0 bridgehead atoms. The summed E-state index contributed by atoms with van der Waals surface area (Å²) in [6.45, 7) is 6.76. The number of aromatic nitrogens is 4. The summed E-state index contributed by atoms with van der Waals surface area (Å²) >= 11 is 0. The van der Waals surface area contributed by atoms with Crippen LogP contribution in [0.3, 0.4) is 0 Å². The van der Waals surface area contributed by atoms with Gasteiger partial charge in [-0.1, -0.05) is 47.6 Å². The van der Waals surface area contributed by atoms with E-state index >= 15 is 0 Å². The van der Waals surface area contributed by atoms with Crippen LogP contribution in [0.5, 0.6) is 0 Å². The fourth-order valence-corrected chi connectivity index (χ4v) is 4.65. The Morgan fingerprint density at radius 2 is 1.86 bits per heavy atom. The molecule has 1 fully saturated rings. The van der Waals surface area contributed by atoms with Crippen molar-refractivity contribution in [3.05, 3.63) is 83.8 Å². The molecule has 4 aromatic rings. The van der Waals surface area contributed by atoms with Crippen molar-refractivity contribution in [2.75, 3.05) is 13.1 Å².